The van der Waals surface area contributed by atoms with Gasteiger partial charge in [0.25, 0.3) is 0 Å². The smallest absolute Gasteiger partial charge is 0.152 e. The van der Waals surface area contributed by atoms with Gasteiger partial charge in [0, 0.05) is 27.4 Å². The summed E-state index contributed by atoms with van der Waals surface area (Å²) in [5.74, 6) is 3.46. The van der Waals surface area contributed by atoms with Crippen LogP contribution < -0.4 is 5.32 Å². The third-order valence-electron chi connectivity index (χ3n) is 3.81. The van der Waals surface area contributed by atoms with E-state index in [2.05, 4.69) is 54.8 Å². The second kappa shape index (κ2) is 6.86. The van der Waals surface area contributed by atoms with Gasteiger partial charge in [-0.2, -0.15) is 23.5 Å². The predicted octanol–water partition coefficient (Wildman–Crippen LogP) is 4.97. The van der Waals surface area contributed by atoms with E-state index in [0.29, 0.717) is 15.5 Å². The molecule has 2 heterocycles. The SMILES string of the molecule is CCNC(c1cc2cccc(Cl)c2o1)C1SCCSC1C. The first-order valence-electron chi connectivity index (χ1n) is 7.35. The predicted molar refractivity (Wildman–Crippen MR) is 95.8 cm³/mol. The van der Waals surface area contributed by atoms with E-state index in [0.717, 1.165) is 23.3 Å². The molecule has 2 nitrogen and oxygen atoms in total. The molecule has 5 heteroatoms. The molecule has 3 atom stereocenters. The highest BCUT2D eigenvalue weighted by molar-refractivity contribution is 8.07. The zero-order chi connectivity index (χ0) is 14.8. The molecular formula is C16H20ClNOS2. The number of fused-ring (bicyclic) bond motifs is 1. The highest BCUT2D eigenvalue weighted by atomic mass is 35.5. The number of hydrogen-bond donors (Lipinski definition) is 1. The molecule has 1 saturated heterocycles. The first-order valence-corrected chi connectivity index (χ1v) is 9.82. The number of para-hydroxylation sites is 1. The highest BCUT2D eigenvalue weighted by Gasteiger charge is 2.33. The maximum Gasteiger partial charge on any atom is 0.152 e. The Morgan fingerprint density at radius 3 is 2.90 bits per heavy atom. The van der Waals surface area contributed by atoms with Gasteiger partial charge in [0.1, 0.15) is 5.76 Å². The van der Waals surface area contributed by atoms with E-state index in [1.54, 1.807) is 0 Å². The van der Waals surface area contributed by atoms with Crippen molar-refractivity contribution in [3.8, 4) is 0 Å². The molecular weight excluding hydrogens is 322 g/mol. The Hall–Kier alpha value is -0.290. The van der Waals surface area contributed by atoms with Gasteiger partial charge in [0.05, 0.1) is 11.1 Å². The van der Waals surface area contributed by atoms with Gasteiger partial charge in [-0.25, -0.2) is 0 Å². The summed E-state index contributed by atoms with van der Waals surface area (Å²) in [6.45, 7) is 5.40. The molecule has 1 fully saturated rings. The molecule has 3 rings (SSSR count). The van der Waals surface area contributed by atoms with Gasteiger partial charge in [-0.3, -0.25) is 0 Å². The van der Waals surface area contributed by atoms with E-state index in [4.69, 9.17) is 16.0 Å². The third kappa shape index (κ3) is 3.24. The molecule has 0 saturated carbocycles. The van der Waals surface area contributed by atoms with Crippen LogP contribution in [0.5, 0.6) is 0 Å². The number of rotatable bonds is 4. The van der Waals surface area contributed by atoms with E-state index >= 15 is 0 Å². The lowest BCUT2D eigenvalue weighted by Crippen LogP contribution is -2.37. The summed E-state index contributed by atoms with van der Waals surface area (Å²) in [5.41, 5.74) is 0.804. The molecule has 2 aromatic rings. The monoisotopic (exact) mass is 341 g/mol. The van der Waals surface area contributed by atoms with E-state index in [1.165, 1.54) is 11.5 Å². The molecule has 1 aromatic carbocycles. The molecule has 0 spiro atoms. The van der Waals surface area contributed by atoms with E-state index in [1.807, 2.05) is 12.1 Å². The first kappa shape index (κ1) is 15.6. The summed E-state index contributed by atoms with van der Waals surface area (Å²) >= 11 is 10.4. The van der Waals surface area contributed by atoms with Gasteiger partial charge < -0.3 is 9.73 Å². The van der Waals surface area contributed by atoms with Crippen LogP contribution in [0.3, 0.4) is 0 Å². The highest BCUT2D eigenvalue weighted by Crippen LogP contribution is 2.40. The lowest BCUT2D eigenvalue weighted by atomic mass is 10.1. The van der Waals surface area contributed by atoms with Crippen LogP contribution in [0.1, 0.15) is 25.6 Å². The van der Waals surface area contributed by atoms with Gasteiger partial charge in [-0.1, -0.05) is 37.6 Å². The number of hydrogen-bond acceptors (Lipinski definition) is 4. The first-order chi connectivity index (χ1) is 10.2. The zero-order valence-electron chi connectivity index (χ0n) is 12.3. The lowest BCUT2D eigenvalue weighted by Gasteiger charge is -2.33. The molecule has 0 bridgehead atoms. The molecule has 1 aliphatic rings. The number of nitrogens with one attached hydrogen (secondary N) is 1. The van der Waals surface area contributed by atoms with Crippen LogP contribution in [0.25, 0.3) is 11.0 Å². The fraction of sp³-hybridized carbons (Fsp3) is 0.500. The van der Waals surface area contributed by atoms with Crippen molar-refractivity contribution in [3.63, 3.8) is 0 Å². The normalized spacial score (nSPS) is 24.3. The standard InChI is InChI=1S/C16H20ClNOS2/c1-3-18-14(16-10(2)20-7-8-21-16)13-9-11-5-4-6-12(17)15(11)19-13/h4-6,9-10,14,16,18H,3,7-8H2,1-2H3. The molecule has 0 radical (unpaired) electrons. The molecule has 0 aliphatic carbocycles. The maximum absolute atomic E-state index is 6.24. The molecule has 114 valence electrons. The van der Waals surface area contributed by atoms with E-state index < -0.39 is 0 Å². The van der Waals surface area contributed by atoms with Crippen LogP contribution in [0, 0.1) is 0 Å². The van der Waals surface area contributed by atoms with Crippen LogP contribution in [0.4, 0.5) is 0 Å². The summed E-state index contributed by atoms with van der Waals surface area (Å²) in [4.78, 5) is 0. The average Bonchev–Trinajstić information content (AvgIpc) is 2.91. The second-order valence-electron chi connectivity index (χ2n) is 5.25. The molecule has 1 aromatic heterocycles. The van der Waals surface area contributed by atoms with Gasteiger partial charge in [-0.15, -0.1) is 0 Å². The Kier molecular flexibility index (Phi) is 5.10. The van der Waals surface area contributed by atoms with Crippen LogP contribution in [-0.4, -0.2) is 28.6 Å². The number of thioether (sulfide) groups is 2. The average molecular weight is 342 g/mol. The minimum Gasteiger partial charge on any atom is -0.458 e. The van der Waals surface area contributed by atoms with E-state index in [-0.39, 0.29) is 6.04 Å². The van der Waals surface area contributed by atoms with Crippen LogP contribution in [-0.2, 0) is 0 Å². The third-order valence-corrected chi connectivity index (χ3v) is 7.30. The topological polar surface area (TPSA) is 25.2 Å². The largest absolute Gasteiger partial charge is 0.458 e. The van der Waals surface area contributed by atoms with Crippen molar-refractivity contribution in [2.75, 3.05) is 18.1 Å². The summed E-state index contributed by atoms with van der Waals surface area (Å²) in [6, 6.07) is 8.30. The van der Waals surface area contributed by atoms with Crippen molar-refractivity contribution < 1.29 is 4.42 Å². The lowest BCUT2D eigenvalue weighted by molar-refractivity contribution is 0.424. The summed E-state index contributed by atoms with van der Waals surface area (Å²) in [6.07, 6.45) is 0. The number of halogens is 1. The minimum absolute atomic E-state index is 0.242. The van der Waals surface area contributed by atoms with Crippen molar-refractivity contribution in [2.45, 2.75) is 30.4 Å². The molecule has 1 N–H and O–H groups in total. The van der Waals surface area contributed by atoms with Crippen molar-refractivity contribution in [1.82, 2.24) is 5.32 Å². The fourth-order valence-electron chi connectivity index (χ4n) is 2.82. The van der Waals surface area contributed by atoms with Gasteiger partial charge in [-0.05, 0) is 18.7 Å². The van der Waals surface area contributed by atoms with Gasteiger partial charge in [0.15, 0.2) is 5.58 Å². The number of benzene rings is 1. The summed E-state index contributed by atoms with van der Waals surface area (Å²) in [5, 5.41) is 6.53. The van der Waals surface area contributed by atoms with Crippen molar-refractivity contribution in [1.29, 1.82) is 0 Å². The van der Waals surface area contributed by atoms with Crippen LogP contribution in [0.2, 0.25) is 5.02 Å². The molecule has 1 aliphatic heterocycles. The quantitative estimate of drug-likeness (QED) is 0.848. The van der Waals surface area contributed by atoms with Gasteiger partial charge >= 0.3 is 0 Å². The zero-order valence-corrected chi connectivity index (χ0v) is 14.7. The maximum atomic E-state index is 6.24. The molecule has 0 amide bonds. The van der Waals surface area contributed by atoms with Gasteiger partial charge in [0.2, 0.25) is 0 Å². The Morgan fingerprint density at radius 1 is 1.38 bits per heavy atom. The molecule has 21 heavy (non-hydrogen) atoms. The Balaban J connectivity index is 1.96. The Bertz CT molecular complexity index is 615. The Morgan fingerprint density at radius 2 is 2.19 bits per heavy atom. The van der Waals surface area contributed by atoms with Crippen LogP contribution >= 0.6 is 35.1 Å². The molecule has 3 unspecified atom stereocenters. The van der Waals surface area contributed by atoms with Crippen molar-refractivity contribution in [3.05, 3.63) is 35.0 Å². The summed E-state index contributed by atoms with van der Waals surface area (Å²) < 4.78 is 6.10. The summed E-state index contributed by atoms with van der Waals surface area (Å²) in [7, 11) is 0. The van der Waals surface area contributed by atoms with Crippen molar-refractivity contribution in [2.24, 2.45) is 0 Å². The Labute approximate surface area is 139 Å². The second-order valence-corrected chi connectivity index (χ2v) is 8.43. The van der Waals surface area contributed by atoms with Crippen LogP contribution in [0.15, 0.2) is 28.7 Å². The van der Waals surface area contributed by atoms with E-state index in [9.17, 15) is 0 Å². The minimum atomic E-state index is 0.242. The number of furan rings is 1. The van der Waals surface area contributed by atoms with Crippen molar-refractivity contribution >= 4 is 46.1 Å². The fourth-order valence-corrected chi connectivity index (χ4v) is 5.96.